The zero-order chi connectivity index (χ0) is 16.1. The van der Waals surface area contributed by atoms with Gasteiger partial charge >= 0.3 is 0 Å². The second-order valence-electron chi connectivity index (χ2n) is 6.16. The predicted octanol–water partition coefficient (Wildman–Crippen LogP) is 4.34. The molecule has 0 radical (unpaired) electrons. The fourth-order valence-electron chi connectivity index (χ4n) is 3.24. The van der Waals surface area contributed by atoms with E-state index in [1.807, 2.05) is 30.9 Å². The molecule has 0 spiro atoms. The number of aromatic amines is 1. The highest BCUT2D eigenvalue weighted by atomic mass is 79.9. The minimum Gasteiger partial charge on any atom is -0.346 e. The molecule has 5 rings (SSSR count). The third kappa shape index (κ3) is 2.13. The largest absolute Gasteiger partial charge is 0.346 e. The molecule has 1 saturated carbocycles. The summed E-state index contributed by atoms with van der Waals surface area (Å²) in [5, 5.41) is 2.95. The van der Waals surface area contributed by atoms with Crippen LogP contribution in [0, 0.1) is 0 Å². The van der Waals surface area contributed by atoms with Crippen LogP contribution in [0.2, 0.25) is 0 Å². The van der Waals surface area contributed by atoms with Gasteiger partial charge in [0.15, 0.2) is 5.82 Å². The lowest BCUT2D eigenvalue weighted by Gasteiger charge is -2.07. The van der Waals surface area contributed by atoms with E-state index in [4.69, 9.17) is 4.98 Å². The molecule has 24 heavy (non-hydrogen) atoms. The Morgan fingerprint density at radius 2 is 2.08 bits per heavy atom. The number of fused-ring (bicyclic) bond motifs is 2. The average molecular weight is 380 g/mol. The van der Waals surface area contributed by atoms with Crippen LogP contribution in [0.3, 0.4) is 0 Å². The van der Waals surface area contributed by atoms with Gasteiger partial charge in [-0.1, -0.05) is 15.9 Å². The van der Waals surface area contributed by atoms with E-state index in [-0.39, 0.29) is 0 Å². The zero-order valence-electron chi connectivity index (χ0n) is 12.8. The van der Waals surface area contributed by atoms with Crippen molar-refractivity contribution in [2.75, 3.05) is 0 Å². The molecule has 0 unspecified atom stereocenters. The number of alkyl halides is 1. The normalized spacial score (nSPS) is 14.5. The number of hydrogen-bond donors (Lipinski definition) is 1. The first kappa shape index (κ1) is 14.0. The molecule has 0 aliphatic heterocycles. The molecule has 118 valence electrons. The molecule has 4 aromatic rings. The van der Waals surface area contributed by atoms with Gasteiger partial charge in [0, 0.05) is 46.5 Å². The Hall–Kier alpha value is -2.34. The number of halogens is 1. The standard InChI is InChI=1S/C18H14BrN5/c19-5-11-6-22-18-16(11)12(3-4-21-18)17-23-8-14-13(10-1-2-10)7-20-9-15(14)24-17/h3-4,6-10H,1-2,5H2,(H,21,22). The Labute approximate surface area is 146 Å². The van der Waals surface area contributed by atoms with E-state index in [0.717, 1.165) is 38.4 Å². The molecule has 6 heteroatoms. The van der Waals surface area contributed by atoms with Crippen molar-refractivity contribution >= 4 is 37.9 Å². The molecule has 1 fully saturated rings. The van der Waals surface area contributed by atoms with Crippen molar-refractivity contribution in [3.63, 3.8) is 0 Å². The number of nitrogens with one attached hydrogen (secondary N) is 1. The van der Waals surface area contributed by atoms with Crippen molar-refractivity contribution in [2.45, 2.75) is 24.1 Å². The van der Waals surface area contributed by atoms with Crippen molar-refractivity contribution < 1.29 is 0 Å². The zero-order valence-corrected chi connectivity index (χ0v) is 14.4. The van der Waals surface area contributed by atoms with Gasteiger partial charge in [-0.2, -0.15) is 0 Å². The molecule has 0 atom stereocenters. The summed E-state index contributed by atoms with van der Waals surface area (Å²) >= 11 is 3.54. The number of rotatable bonds is 3. The summed E-state index contributed by atoms with van der Waals surface area (Å²) in [7, 11) is 0. The number of pyridine rings is 2. The molecular weight excluding hydrogens is 366 g/mol. The second-order valence-corrected chi connectivity index (χ2v) is 6.72. The molecule has 5 nitrogen and oxygen atoms in total. The van der Waals surface area contributed by atoms with E-state index in [1.54, 1.807) is 6.20 Å². The summed E-state index contributed by atoms with van der Waals surface area (Å²) in [5.74, 6) is 1.35. The Morgan fingerprint density at radius 3 is 2.92 bits per heavy atom. The van der Waals surface area contributed by atoms with Gasteiger partial charge in [-0.15, -0.1) is 0 Å². The van der Waals surface area contributed by atoms with Gasteiger partial charge in [0.2, 0.25) is 0 Å². The lowest BCUT2D eigenvalue weighted by atomic mass is 10.1. The highest BCUT2D eigenvalue weighted by Gasteiger charge is 2.26. The lowest BCUT2D eigenvalue weighted by molar-refractivity contribution is 1.10. The van der Waals surface area contributed by atoms with Crippen LogP contribution in [0.25, 0.3) is 33.3 Å². The number of H-pyrrole nitrogens is 1. The summed E-state index contributed by atoms with van der Waals surface area (Å²) in [6, 6.07) is 1.97. The summed E-state index contributed by atoms with van der Waals surface area (Å²) < 4.78 is 0. The van der Waals surface area contributed by atoms with E-state index in [1.165, 1.54) is 18.4 Å². The van der Waals surface area contributed by atoms with Crippen LogP contribution in [-0.2, 0) is 5.33 Å². The average Bonchev–Trinajstić information content (AvgIpc) is 3.39. The van der Waals surface area contributed by atoms with Crippen molar-refractivity contribution in [1.82, 2.24) is 24.9 Å². The SMILES string of the molecule is BrCc1c[nH]c2nccc(-c3ncc4c(C5CC5)cncc4n3)c12. The van der Waals surface area contributed by atoms with Crippen LogP contribution >= 0.6 is 15.9 Å². The van der Waals surface area contributed by atoms with E-state index in [0.29, 0.717) is 11.7 Å². The topological polar surface area (TPSA) is 67.3 Å². The maximum absolute atomic E-state index is 4.79. The summed E-state index contributed by atoms with van der Waals surface area (Å²) in [6.45, 7) is 0. The second kappa shape index (κ2) is 5.34. The minimum atomic E-state index is 0.632. The molecule has 4 aromatic heterocycles. The summed E-state index contributed by atoms with van der Waals surface area (Å²) in [4.78, 5) is 21.4. The van der Waals surface area contributed by atoms with Crippen LogP contribution in [0.15, 0.2) is 37.1 Å². The molecule has 0 saturated heterocycles. The van der Waals surface area contributed by atoms with Gasteiger partial charge in [-0.05, 0) is 36.0 Å². The summed E-state index contributed by atoms with van der Waals surface area (Å²) in [6.07, 6.45) is 12.0. The summed E-state index contributed by atoms with van der Waals surface area (Å²) in [5.41, 5.74) is 5.19. The van der Waals surface area contributed by atoms with Crippen molar-refractivity contribution in [3.8, 4) is 11.4 Å². The van der Waals surface area contributed by atoms with Gasteiger partial charge in [0.25, 0.3) is 0 Å². The van der Waals surface area contributed by atoms with Gasteiger partial charge < -0.3 is 4.98 Å². The van der Waals surface area contributed by atoms with Crippen molar-refractivity contribution in [2.24, 2.45) is 0 Å². The molecule has 0 bridgehead atoms. The van der Waals surface area contributed by atoms with Crippen LogP contribution in [-0.4, -0.2) is 24.9 Å². The molecule has 0 aromatic carbocycles. The Morgan fingerprint density at radius 1 is 1.17 bits per heavy atom. The maximum Gasteiger partial charge on any atom is 0.160 e. The lowest BCUT2D eigenvalue weighted by Crippen LogP contribution is -1.95. The van der Waals surface area contributed by atoms with Crippen LogP contribution in [0.5, 0.6) is 0 Å². The first-order valence-electron chi connectivity index (χ1n) is 7.97. The van der Waals surface area contributed by atoms with Gasteiger partial charge in [0.05, 0.1) is 11.7 Å². The maximum atomic E-state index is 4.79. The predicted molar refractivity (Wildman–Crippen MR) is 97.0 cm³/mol. The quantitative estimate of drug-likeness (QED) is 0.537. The first-order valence-corrected chi connectivity index (χ1v) is 9.09. The minimum absolute atomic E-state index is 0.632. The van der Waals surface area contributed by atoms with Crippen LogP contribution in [0.1, 0.15) is 29.9 Å². The molecule has 0 amide bonds. The number of hydrogen-bond acceptors (Lipinski definition) is 4. The van der Waals surface area contributed by atoms with Crippen molar-refractivity contribution in [1.29, 1.82) is 0 Å². The third-order valence-electron chi connectivity index (χ3n) is 4.60. The number of aromatic nitrogens is 5. The third-order valence-corrected chi connectivity index (χ3v) is 5.20. The van der Waals surface area contributed by atoms with Gasteiger partial charge in [-0.25, -0.2) is 15.0 Å². The van der Waals surface area contributed by atoms with Crippen LogP contribution < -0.4 is 0 Å². The highest BCUT2D eigenvalue weighted by molar-refractivity contribution is 9.08. The van der Waals surface area contributed by atoms with Crippen molar-refractivity contribution in [3.05, 3.63) is 48.2 Å². The number of nitrogens with zero attached hydrogens (tertiary/aromatic N) is 4. The molecular formula is C18H14BrN5. The Kier molecular flexibility index (Phi) is 3.13. The fourth-order valence-corrected chi connectivity index (χ4v) is 3.68. The van der Waals surface area contributed by atoms with Crippen LogP contribution in [0.4, 0.5) is 0 Å². The Bertz CT molecular complexity index is 1070. The van der Waals surface area contributed by atoms with Gasteiger partial charge in [0.1, 0.15) is 5.65 Å². The Balaban J connectivity index is 1.74. The molecule has 1 aliphatic carbocycles. The fraction of sp³-hybridized carbons (Fsp3) is 0.222. The smallest absolute Gasteiger partial charge is 0.160 e. The van der Waals surface area contributed by atoms with Gasteiger partial charge in [-0.3, -0.25) is 4.98 Å². The first-order chi connectivity index (χ1) is 11.8. The van der Waals surface area contributed by atoms with E-state index in [2.05, 4.69) is 35.9 Å². The molecule has 1 aliphatic rings. The molecule has 1 N–H and O–H groups in total. The van der Waals surface area contributed by atoms with E-state index >= 15 is 0 Å². The molecule has 4 heterocycles. The monoisotopic (exact) mass is 379 g/mol. The van der Waals surface area contributed by atoms with E-state index in [9.17, 15) is 0 Å². The van der Waals surface area contributed by atoms with E-state index < -0.39 is 0 Å². The highest BCUT2D eigenvalue weighted by Crippen LogP contribution is 2.42.